The molecule has 12 heteroatoms. The van der Waals surface area contributed by atoms with Crippen LogP contribution in [0.3, 0.4) is 0 Å². The fourth-order valence-corrected chi connectivity index (χ4v) is 5.62. The van der Waals surface area contributed by atoms with E-state index in [1.807, 2.05) is 0 Å². The number of unbranched alkanes of at least 4 members (excludes halogenated alkanes) is 8. The number of carbonyl (C=O) groups is 2. The van der Waals surface area contributed by atoms with Gasteiger partial charge in [-0.05, 0) is 48.9 Å². The summed E-state index contributed by atoms with van der Waals surface area (Å²) in [5.41, 5.74) is 0.274. The summed E-state index contributed by atoms with van der Waals surface area (Å²) in [5.74, 6) is -3.41. The largest absolute Gasteiger partial charge is 0.508 e. The van der Waals surface area contributed by atoms with Crippen LogP contribution in [0.2, 0.25) is 0 Å². The first-order valence-corrected chi connectivity index (χ1v) is 16.2. The molecule has 12 nitrogen and oxygen atoms in total. The second-order valence-electron chi connectivity index (χ2n) is 11.8. The number of rotatable bonds is 18. The Balaban J connectivity index is 1.98. The Morgan fingerprint density at radius 3 is 1.91 bits per heavy atom. The number of carbonyl (C=O) groups excluding carboxylic acids is 1. The van der Waals surface area contributed by atoms with Gasteiger partial charge >= 0.3 is 11.9 Å². The normalized spacial score (nSPS) is 21.2. The molecule has 3 rings (SSSR count). The van der Waals surface area contributed by atoms with Crippen molar-refractivity contribution in [3.05, 3.63) is 46.5 Å². The van der Waals surface area contributed by atoms with E-state index in [-0.39, 0.29) is 40.4 Å². The number of benzene rings is 2. The molecule has 5 atom stereocenters. The number of aliphatic hydroxyl groups is 4. The number of esters is 1. The quantitative estimate of drug-likeness (QED) is 0.0690. The zero-order chi connectivity index (χ0) is 33.8. The molecule has 1 saturated heterocycles. The van der Waals surface area contributed by atoms with E-state index in [0.717, 1.165) is 69.9 Å². The van der Waals surface area contributed by atoms with Gasteiger partial charge in [0, 0.05) is 12.1 Å². The van der Waals surface area contributed by atoms with Crippen LogP contribution in [0, 0.1) is 0 Å². The van der Waals surface area contributed by atoms with Crippen molar-refractivity contribution in [3.8, 4) is 23.0 Å². The zero-order valence-corrected chi connectivity index (χ0v) is 26.6. The van der Waals surface area contributed by atoms with E-state index in [4.69, 9.17) is 14.2 Å². The first-order chi connectivity index (χ1) is 22.0. The fourth-order valence-electron chi connectivity index (χ4n) is 5.62. The van der Waals surface area contributed by atoms with Crippen molar-refractivity contribution in [2.75, 3.05) is 6.61 Å². The van der Waals surface area contributed by atoms with E-state index in [9.17, 15) is 45.3 Å². The number of phenolic OH excluding ortho intramolecular Hbond substituents is 2. The fraction of sp³-hybridized carbons (Fsp3) is 0.588. The molecule has 0 aliphatic carbocycles. The van der Waals surface area contributed by atoms with Crippen LogP contribution in [-0.4, -0.2) is 85.0 Å². The number of carboxylic acids is 1. The Labute approximate surface area is 269 Å². The van der Waals surface area contributed by atoms with Crippen molar-refractivity contribution in [3.63, 3.8) is 0 Å². The highest BCUT2D eigenvalue weighted by molar-refractivity contribution is 5.97. The predicted molar refractivity (Wildman–Crippen MR) is 167 cm³/mol. The predicted octanol–water partition coefficient (Wildman–Crippen LogP) is 4.22. The van der Waals surface area contributed by atoms with Crippen molar-refractivity contribution in [1.29, 1.82) is 0 Å². The standard InChI is InChI=1S/C34H48O12/c1-3-5-7-9-11-13-20-15-22(36)17-24(37)27(20)33(43)44-23-16-21(14-12-10-8-6-4-2)28(32(41)42)25(18-23)45-34-31(40)30(39)29(38)26(19-35)46-34/h15-18,26,29-31,34-40H,3-14,19H2,1-2H3,(H,41,42)/t26-,29-,30+,31-,34-/m1/s1. The van der Waals surface area contributed by atoms with Crippen LogP contribution >= 0.6 is 0 Å². The number of aromatic carboxylic acids is 1. The van der Waals surface area contributed by atoms with Crippen LogP contribution < -0.4 is 9.47 Å². The summed E-state index contributed by atoms with van der Waals surface area (Å²) in [5, 5.41) is 71.5. The molecular weight excluding hydrogens is 600 g/mol. The Hall–Kier alpha value is -3.42. The highest BCUT2D eigenvalue weighted by Crippen LogP contribution is 2.35. The maximum Gasteiger partial charge on any atom is 0.347 e. The summed E-state index contributed by atoms with van der Waals surface area (Å²) in [4.78, 5) is 26.0. The van der Waals surface area contributed by atoms with Crippen molar-refractivity contribution in [2.45, 2.75) is 122 Å². The number of carboxylic acid groups (broad SMARTS) is 1. The lowest BCUT2D eigenvalue weighted by Crippen LogP contribution is -2.60. The number of aromatic hydroxyl groups is 2. The van der Waals surface area contributed by atoms with Gasteiger partial charge in [0.1, 0.15) is 58.5 Å². The SMILES string of the molecule is CCCCCCCc1cc(O)cc(O)c1C(=O)Oc1cc(CCCCCCC)c(C(=O)O)c(O[C@@H]2O[C@H](CO)[C@@H](O)[C@H](O)[C@H]2O)c1. The van der Waals surface area contributed by atoms with E-state index in [0.29, 0.717) is 18.4 Å². The molecule has 0 radical (unpaired) electrons. The van der Waals surface area contributed by atoms with Gasteiger partial charge in [-0.15, -0.1) is 0 Å². The van der Waals surface area contributed by atoms with Crippen molar-refractivity contribution in [2.24, 2.45) is 0 Å². The molecule has 0 amide bonds. The molecule has 0 saturated carbocycles. The highest BCUT2D eigenvalue weighted by atomic mass is 16.7. The van der Waals surface area contributed by atoms with Crippen molar-refractivity contribution >= 4 is 11.9 Å². The molecule has 0 spiro atoms. The number of hydrogen-bond acceptors (Lipinski definition) is 11. The summed E-state index contributed by atoms with van der Waals surface area (Å²) in [6.07, 6.45) is 1.69. The Morgan fingerprint density at radius 1 is 0.761 bits per heavy atom. The summed E-state index contributed by atoms with van der Waals surface area (Å²) in [6.45, 7) is 3.46. The monoisotopic (exact) mass is 648 g/mol. The van der Waals surface area contributed by atoms with E-state index >= 15 is 0 Å². The molecule has 1 aliphatic heterocycles. The van der Waals surface area contributed by atoms with Crippen LogP contribution in [-0.2, 0) is 17.6 Å². The number of ether oxygens (including phenoxy) is 3. The Bertz CT molecular complexity index is 1290. The zero-order valence-electron chi connectivity index (χ0n) is 26.6. The third-order valence-corrected chi connectivity index (χ3v) is 8.16. The molecule has 7 N–H and O–H groups in total. The number of hydrogen-bond donors (Lipinski definition) is 7. The van der Waals surface area contributed by atoms with Crippen LogP contribution in [0.4, 0.5) is 0 Å². The molecule has 0 aromatic heterocycles. The van der Waals surface area contributed by atoms with Crippen LogP contribution in [0.1, 0.15) is 110 Å². The number of aryl methyl sites for hydroxylation is 2. The average Bonchev–Trinajstić information content (AvgIpc) is 3.00. The number of aliphatic hydroxyl groups excluding tert-OH is 4. The molecule has 1 heterocycles. The minimum absolute atomic E-state index is 0.112. The minimum Gasteiger partial charge on any atom is -0.508 e. The Morgan fingerprint density at radius 2 is 1.35 bits per heavy atom. The van der Waals surface area contributed by atoms with Gasteiger partial charge in [-0.25, -0.2) is 9.59 Å². The van der Waals surface area contributed by atoms with Gasteiger partial charge in [-0.2, -0.15) is 0 Å². The van der Waals surface area contributed by atoms with E-state index in [2.05, 4.69) is 13.8 Å². The van der Waals surface area contributed by atoms with Crippen molar-refractivity contribution in [1.82, 2.24) is 0 Å². The molecule has 0 unspecified atom stereocenters. The third kappa shape index (κ3) is 9.79. The topological polar surface area (TPSA) is 203 Å². The molecule has 256 valence electrons. The maximum atomic E-state index is 13.5. The summed E-state index contributed by atoms with van der Waals surface area (Å²) in [7, 11) is 0. The summed E-state index contributed by atoms with van der Waals surface area (Å²) >= 11 is 0. The first-order valence-electron chi connectivity index (χ1n) is 16.2. The van der Waals surface area contributed by atoms with Crippen LogP contribution in [0.25, 0.3) is 0 Å². The molecular formula is C34H48O12. The van der Waals surface area contributed by atoms with E-state index in [1.54, 1.807) is 0 Å². The molecule has 1 fully saturated rings. The van der Waals surface area contributed by atoms with Crippen LogP contribution in [0.15, 0.2) is 24.3 Å². The van der Waals surface area contributed by atoms with E-state index in [1.165, 1.54) is 12.1 Å². The van der Waals surface area contributed by atoms with Crippen LogP contribution in [0.5, 0.6) is 23.0 Å². The smallest absolute Gasteiger partial charge is 0.347 e. The molecule has 1 aliphatic rings. The molecule has 2 aromatic carbocycles. The van der Waals surface area contributed by atoms with Gasteiger partial charge in [0.05, 0.1) is 6.61 Å². The second-order valence-corrected chi connectivity index (χ2v) is 11.8. The van der Waals surface area contributed by atoms with Gasteiger partial charge in [0.2, 0.25) is 6.29 Å². The van der Waals surface area contributed by atoms with Gasteiger partial charge < -0.3 is 50.0 Å². The summed E-state index contributed by atoms with van der Waals surface area (Å²) in [6, 6.07) is 4.98. The van der Waals surface area contributed by atoms with E-state index < -0.39 is 55.0 Å². The lowest BCUT2D eigenvalue weighted by molar-refractivity contribution is -0.277. The third-order valence-electron chi connectivity index (χ3n) is 8.16. The highest BCUT2D eigenvalue weighted by Gasteiger charge is 2.45. The van der Waals surface area contributed by atoms with Gasteiger partial charge in [-0.3, -0.25) is 0 Å². The lowest BCUT2D eigenvalue weighted by Gasteiger charge is -2.39. The van der Waals surface area contributed by atoms with Gasteiger partial charge in [-0.1, -0.05) is 65.2 Å². The average molecular weight is 649 g/mol. The molecule has 46 heavy (non-hydrogen) atoms. The molecule has 0 bridgehead atoms. The minimum atomic E-state index is -1.81. The number of phenols is 2. The summed E-state index contributed by atoms with van der Waals surface area (Å²) < 4.78 is 16.9. The van der Waals surface area contributed by atoms with Gasteiger partial charge in [0.15, 0.2) is 0 Å². The second kappa shape index (κ2) is 18.1. The Kier molecular flexibility index (Phi) is 14.5. The molecule has 2 aromatic rings. The lowest BCUT2D eigenvalue weighted by atomic mass is 9.98. The van der Waals surface area contributed by atoms with Crippen molar-refractivity contribution < 1.29 is 59.5 Å². The first kappa shape index (κ1) is 37.0. The maximum absolute atomic E-state index is 13.5. The van der Waals surface area contributed by atoms with Gasteiger partial charge in [0.25, 0.3) is 0 Å².